The minimum atomic E-state index is -2.81. The highest BCUT2D eigenvalue weighted by Gasteiger charge is 2.23. The molecule has 0 N–H and O–H groups in total. The third-order valence-corrected chi connectivity index (χ3v) is 7.56. The van der Waals surface area contributed by atoms with Gasteiger partial charge in [0.15, 0.2) is 6.17 Å². The molecule has 0 spiro atoms. The topological polar surface area (TPSA) is 40.8 Å². The molecule has 6 rings (SSSR count). The van der Waals surface area contributed by atoms with E-state index in [-0.39, 0.29) is 0 Å². The highest BCUT2D eigenvalue weighted by Crippen LogP contribution is 2.42. The van der Waals surface area contributed by atoms with Gasteiger partial charge in [-0.3, -0.25) is 0 Å². The van der Waals surface area contributed by atoms with Gasteiger partial charge in [-0.05, 0) is 72.0 Å². The zero-order valence-corrected chi connectivity index (χ0v) is 22.8. The van der Waals surface area contributed by atoms with Crippen LogP contribution >= 0.6 is 0 Å². The van der Waals surface area contributed by atoms with Crippen molar-refractivity contribution in [2.24, 2.45) is 7.05 Å². The number of benzene rings is 4. The van der Waals surface area contributed by atoms with E-state index >= 15 is 0 Å². The number of rotatable bonds is 4. The van der Waals surface area contributed by atoms with Crippen LogP contribution in [-0.2, 0) is 7.05 Å². The van der Waals surface area contributed by atoms with E-state index in [4.69, 9.17) is 15.4 Å². The Morgan fingerprint density at radius 1 is 0.800 bits per heavy atom. The maximum atomic E-state index is 10.2. The number of hydrogen-bond donors (Lipinski definition) is 0. The van der Waals surface area contributed by atoms with Crippen molar-refractivity contribution in [3.05, 3.63) is 113 Å². The predicted molar refractivity (Wildman–Crippen MR) is 164 cm³/mol. The van der Waals surface area contributed by atoms with Crippen molar-refractivity contribution in [1.82, 2.24) is 0 Å². The monoisotopic (exact) mass is 529 g/mol. The molecule has 0 fully saturated rings. The number of hydrogen-bond acceptors (Lipinski definition) is 2. The van der Waals surface area contributed by atoms with E-state index in [1.54, 1.807) is 13.1 Å². The summed E-state index contributed by atoms with van der Waals surface area (Å²) in [5.41, 5.74) is 6.29. The standard InChI is InChI=1S/C37H33N2O/c1-22(2)26-8-10-27(11-9-26)28-12-14-29(15-13-28)35-30(20-38)16-18-32-31-17-7-23(3)34(36(31)40-37(32)35)33-19-24(4)25(5)21-39(33)6/h7-19,21-22H,1-6H3/q+1/i4D3,5D3,21D,22D. The normalized spacial score (nSPS) is 15.3. The Bertz CT molecular complexity index is 2270. The summed E-state index contributed by atoms with van der Waals surface area (Å²) >= 11 is 0. The molecule has 6 aromatic rings. The first-order valence-electron chi connectivity index (χ1n) is 17.1. The van der Waals surface area contributed by atoms with Crippen molar-refractivity contribution < 1.29 is 20.0 Å². The Morgan fingerprint density at radius 3 is 2.02 bits per heavy atom. The van der Waals surface area contributed by atoms with Gasteiger partial charge in [0, 0.05) is 37.6 Å². The van der Waals surface area contributed by atoms with E-state index in [2.05, 4.69) is 6.07 Å². The van der Waals surface area contributed by atoms with Gasteiger partial charge in [0.2, 0.25) is 5.69 Å². The fourth-order valence-electron chi connectivity index (χ4n) is 5.36. The summed E-state index contributed by atoms with van der Waals surface area (Å²) in [5, 5.41) is 11.6. The van der Waals surface area contributed by atoms with Gasteiger partial charge in [-0.1, -0.05) is 74.5 Å². The highest BCUT2D eigenvalue weighted by atomic mass is 16.3. The maximum absolute atomic E-state index is 10.2. The van der Waals surface area contributed by atoms with Gasteiger partial charge in [-0.25, -0.2) is 4.57 Å². The molecular weight excluding hydrogens is 488 g/mol. The molecule has 0 saturated heterocycles. The summed E-state index contributed by atoms with van der Waals surface area (Å²) in [4.78, 5) is 0. The average molecular weight is 530 g/mol. The quantitative estimate of drug-likeness (QED) is 0.213. The molecule has 0 radical (unpaired) electrons. The number of fused-ring (bicyclic) bond motifs is 3. The second-order valence-electron chi connectivity index (χ2n) is 10.4. The molecule has 4 aromatic carbocycles. The molecule has 0 aliphatic rings. The molecule has 3 nitrogen and oxygen atoms in total. The molecule has 0 unspecified atom stereocenters. The molecular formula is C37H33N2O+. The largest absolute Gasteiger partial charge is 0.454 e. The summed E-state index contributed by atoms with van der Waals surface area (Å²) in [6, 6.07) is 26.7. The van der Waals surface area contributed by atoms with Gasteiger partial charge < -0.3 is 4.42 Å². The van der Waals surface area contributed by atoms with Crippen LogP contribution in [0.1, 0.15) is 58.5 Å². The van der Waals surface area contributed by atoms with Crippen LogP contribution in [0.4, 0.5) is 0 Å². The lowest BCUT2D eigenvalue weighted by Gasteiger charge is -2.09. The first-order chi connectivity index (χ1) is 22.4. The minimum absolute atomic E-state index is 0.326. The molecule has 196 valence electrons. The van der Waals surface area contributed by atoms with Crippen LogP contribution < -0.4 is 4.57 Å². The Balaban J connectivity index is 1.56. The van der Waals surface area contributed by atoms with E-state index in [9.17, 15) is 5.26 Å². The van der Waals surface area contributed by atoms with E-state index in [1.807, 2.05) is 87.5 Å². The van der Waals surface area contributed by atoms with Crippen molar-refractivity contribution in [2.45, 2.75) is 40.4 Å². The molecule has 0 aliphatic heterocycles. The Kier molecular flexibility index (Phi) is 4.37. The van der Waals surface area contributed by atoms with E-state index in [1.165, 1.54) is 10.6 Å². The number of nitrogens with zero attached hydrogens (tertiary/aromatic N) is 2. The van der Waals surface area contributed by atoms with Gasteiger partial charge in [0.1, 0.15) is 19.6 Å². The molecule has 2 aromatic heterocycles. The molecule has 2 heterocycles. The number of aromatic nitrogens is 1. The maximum Gasteiger partial charge on any atom is 0.216 e. The number of aryl methyl sites for hydroxylation is 2. The average Bonchev–Trinajstić information content (AvgIpc) is 3.39. The van der Waals surface area contributed by atoms with Crippen LogP contribution in [-0.4, -0.2) is 0 Å². The second kappa shape index (κ2) is 9.81. The van der Waals surface area contributed by atoms with Gasteiger partial charge in [0.25, 0.3) is 0 Å². The van der Waals surface area contributed by atoms with Crippen LogP contribution in [0.2, 0.25) is 0 Å². The predicted octanol–water partition coefficient (Wildman–Crippen LogP) is 9.33. The lowest BCUT2D eigenvalue weighted by atomic mass is 9.94. The van der Waals surface area contributed by atoms with Crippen molar-refractivity contribution >= 4 is 21.9 Å². The number of furan rings is 1. The molecule has 0 bridgehead atoms. The van der Waals surface area contributed by atoms with Gasteiger partial charge in [-0.2, -0.15) is 5.26 Å². The fraction of sp³-hybridized carbons (Fsp3) is 0.189. The minimum Gasteiger partial charge on any atom is -0.454 e. The van der Waals surface area contributed by atoms with Crippen molar-refractivity contribution in [3.63, 3.8) is 0 Å². The lowest BCUT2D eigenvalue weighted by Crippen LogP contribution is -2.31. The first kappa shape index (κ1) is 17.8. The summed E-state index contributed by atoms with van der Waals surface area (Å²) in [6.45, 7) is -0.0406. The third kappa shape index (κ3) is 4.17. The molecule has 3 heteroatoms. The van der Waals surface area contributed by atoms with Gasteiger partial charge in [0.05, 0.1) is 17.2 Å². The zero-order chi connectivity index (χ0) is 34.9. The number of pyridine rings is 1. The molecule has 0 atom stereocenters. The van der Waals surface area contributed by atoms with Crippen LogP contribution in [0.25, 0.3) is 55.4 Å². The van der Waals surface area contributed by atoms with Gasteiger partial charge in [-0.15, -0.1) is 0 Å². The zero-order valence-electron chi connectivity index (χ0n) is 30.8. The molecule has 0 amide bonds. The lowest BCUT2D eigenvalue weighted by molar-refractivity contribution is -0.660. The van der Waals surface area contributed by atoms with Crippen LogP contribution in [0.15, 0.2) is 89.5 Å². The first-order valence-corrected chi connectivity index (χ1v) is 13.1. The van der Waals surface area contributed by atoms with Crippen molar-refractivity contribution in [2.75, 3.05) is 0 Å². The van der Waals surface area contributed by atoms with E-state index in [0.29, 0.717) is 33.6 Å². The van der Waals surface area contributed by atoms with Gasteiger partial charge >= 0.3 is 0 Å². The van der Waals surface area contributed by atoms with Crippen molar-refractivity contribution in [1.29, 1.82) is 5.26 Å². The van der Waals surface area contributed by atoms with Crippen molar-refractivity contribution in [3.8, 4) is 39.6 Å². The molecule has 0 saturated carbocycles. The van der Waals surface area contributed by atoms with Crippen LogP contribution in [0.3, 0.4) is 0 Å². The highest BCUT2D eigenvalue weighted by molar-refractivity contribution is 6.14. The Hall–Kier alpha value is -4.68. The molecule has 40 heavy (non-hydrogen) atoms. The Labute approximate surface area is 247 Å². The van der Waals surface area contributed by atoms with Crippen LogP contribution in [0, 0.1) is 32.0 Å². The summed E-state index contributed by atoms with van der Waals surface area (Å²) in [7, 11) is 1.54. The summed E-state index contributed by atoms with van der Waals surface area (Å²) < 4.78 is 73.4. The summed E-state index contributed by atoms with van der Waals surface area (Å²) in [5.74, 6) is -0.695. The Morgan fingerprint density at radius 2 is 1.40 bits per heavy atom. The summed E-state index contributed by atoms with van der Waals surface area (Å²) in [6.07, 6.45) is -0.420. The van der Waals surface area contributed by atoms with E-state index in [0.717, 1.165) is 38.6 Å². The van der Waals surface area contributed by atoms with Crippen LogP contribution in [0.5, 0.6) is 0 Å². The number of nitriles is 1. The second-order valence-corrected chi connectivity index (χ2v) is 10.4. The fourth-order valence-corrected chi connectivity index (χ4v) is 5.36. The third-order valence-electron chi connectivity index (χ3n) is 7.56. The SMILES string of the molecule is [2H]c1c(C([2H])([2H])[2H])c(C([2H])([2H])[2H])cc(-c2c(C)ccc3c2oc2c(-c4ccc(-c5ccc(C([2H])(C)C)cc5)cc4)c(C#N)ccc23)[n+]1C. The van der Waals surface area contributed by atoms with E-state index < -0.39 is 36.9 Å². The smallest absolute Gasteiger partial charge is 0.216 e. The molecule has 0 aliphatic carbocycles.